The summed E-state index contributed by atoms with van der Waals surface area (Å²) >= 11 is 6.01. The van der Waals surface area contributed by atoms with Crippen LogP contribution in [0.2, 0.25) is 5.02 Å². The van der Waals surface area contributed by atoms with Crippen LogP contribution in [0.1, 0.15) is 19.4 Å². The number of halogens is 1. The lowest BCUT2D eigenvalue weighted by molar-refractivity contribution is -0.168. The smallest absolute Gasteiger partial charge is 0.246 e. The zero-order valence-corrected chi connectivity index (χ0v) is 23.0. The summed E-state index contributed by atoms with van der Waals surface area (Å²) in [5.41, 5.74) is 0.718. The highest BCUT2D eigenvalue weighted by Crippen LogP contribution is 2.32. The van der Waals surface area contributed by atoms with Gasteiger partial charge >= 0.3 is 0 Å². The first kappa shape index (κ1) is 27.5. The molecule has 37 heavy (non-hydrogen) atoms. The highest BCUT2D eigenvalue weighted by atomic mass is 35.5. The van der Waals surface area contributed by atoms with E-state index >= 15 is 0 Å². The van der Waals surface area contributed by atoms with Crippen molar-refractivity contribution in [2.45, 2.75) is 49.5 Å². The number of piperazine rings is 1. The predicted octanol–water partition coefficient (Wildman–Crippen LogP) is 1.28. The molecule has 0 spiro atoms. The van der Waals surface area contributed by atoms with E-state index in [-0.39, 0.29) is 29.8 Å². The van der Waals surface area contributed by atoms with Crippen LogP contribution < -0.4 is 4.72 Å². The van der Waals surface area contributed by atoms with Crippen molar-refractivity contribution in [2.24, 2.45) is 0 Å². The second-order valence-electron chi connectivity index (χ2n) is 9.49. The average Bonchev–Trinajstić information content (AvgIpc) is 2.83. The van der Waals surface area contributed by atoms with E-state index in [9.17, 15) is 26.4 Å². The fourth-order valence-electron chi connectivity index (χ4n) is 4.79. The first-order valence-corrected chi connectivity index (χ1v) is 15.4. The monoisotopic (exact) mass is 568 g/mol. The van der Waals surface area contributed by atoms with Crippen molar-refractivity contribution in [1.82, 2.24) is 18.8 Å². The Morgan fingerprint density at radius 1 is 0.946 bits per heavy atom. The molecule has 2 aromatic rings. The van der Waals surface area contributed by atoms with E-state index in [1.165, 1.54) is 17.0 Å². The minimum atomic E-state index is -4.16. The molecule has 2 fully saturated rings. The molecular formula is C24H29ClN4O6S2. The minimum absolute atomic E-state index is 0.00431. The SMILES string of the molecule is CC(C)N1CC2N(C(=O)C(NS(C)(=O)=O)CN2S(=O)(=O)c2ccccc2)C(Cc2ccc(Cl)cc2)C1=O. The van der Waals surface area contributed by atoms with Crippen LogP contribution in [-0.2, 0) is 36.1 Å². The number of nitrogens with zero attached hydrogens (tertiary/aromatic N) is 3. The van der Waals surface area contributed by atoms with E-state index in [0.717, 1.165) is 16.1 Å². The lowest BCUT2D eigenvalue weighted by Crippen LogP contribution is -2.76. The van der Waals surface area contributed by atoms with Gasteiger partial charge in [-0.1, -0.05) is 41.9 Å². The number of carbonyl (C=O) groups excluding carboxylic acids is 2. The molecule has 4 rings (SSSR count). The number of hydrogen-bond acceptors (Lipinski definition) is 6. The molecule has 2 aromatic carbocycles. The molecule has 2 aliphatic rings. The Morgan fingerprint density at radius 3 is 2.14 bits per heavy atom. The van der Waals surface area contributed by atoms with E-state index in [4.69, 9.17) is 11.6 Å². The van der Waals surface area contributed by atoms with Crippen LogP contribution in [0.5, 0.6) is 0 Å². The molecule has 13 heteroatoms. The summed E-state index contributed by atoms with van der Waals surface area (Å²) in [7, 11) is -8.04. The van der Waals surface area contributed by atoms with Gasteiger partial charge in [-0.05, 0) is 43.7 Å². The Kier molecular flexibility index (Phi) is 7.69. The first-order chi connectivity index (χ1) is 17.3. The van der Waals surface area contributed by atoms with Crippen molar-refractivity contribution >= 4 is 43.5 Å². The zero-order valence-electron chi connectivity index (χ0n) is 20.6. The lowest BCUT2D eigenvalue weighted by atomic mass is 9.96. The Labute approximate surface area is 222 Å². The Morgan fingerprint density at radius 2 is 1.57 bits per heavy atom. The van der Waals surface area contributed by atoms with E-state index < -0.39 is 50.7 Å². The maximum absolute atomic E-state index is 13.8. The summed E-state index contributed by atoms with van der Waals surface area (Å²) in [5.74, 6) is -0.989. The zero-order chi connectivity index (χ0) is 27.1. The van der Waals surface area contributed by atoms with Crippen LogP contribution in [0, 0.1) is 0 Å². The molecule has 2 amide bonds. The predicted molar refractivity (Wildman–Crippen MR) is 139 cm³/mol. The van der Waals surface area contributed by atoms with Gasteiger partial charge in [0, 0.05) is 24.0 Å². The molecular weight excluding hydrogens is 540 g/mol. The molecule has 10 nitrogen and oxygen atoms in total. The van der Waals surface area contributed by atoms with Gasteiger partial charge in [0.2, 0.25) is 31.9 Å². The molecule has 2 heterocycles. The summed E-state index contributed by atoms with van der Waals surface area (Å²) < 4.78 is 55.2. The molecule has 0 saturated carbocycles. The summed E-state index contributed by atoms with van der Waals surface area (Å²) in [6, 6.07) is 11.8. The van der Waals surface area contributed by atoms with Crippen LogP contribution in [-0.4, -0.2) is 86.4 Å². The molecule has 0 bridgehead atoms. The standard InChI is InChI=1S/C24H29ClN4O6S2/c1-16(2)27-15-22-28(37(34,35)19-7-5-4-6-8-19)14-20(26-36(3,32)33)23(30)29(22)21(24(27)31)13-17-9-11-18(25)12-10-17/h4-12,16,20-22,26H,13-15H2,1-3H3. The summed E-state index contributed by atoms with van der Waals surface area (Å²) in [6.07, 6.45) is -0.0189. The van der Waals surface area contributed by atoms with Crippen molar-refractivity contribution < 1.29 is 26.4 Å². The van der Waals surface area contributed by atoms with E-state index in [1.807, 2.05) is 13.8 Å². The van der Waals surface area contributed by atoms with E-state index in [2.05, 4.69) is 4.72 Å². The van der Waals surface area contributed by atoms with Crippen molar-refractivity contribution in [3.63, 3.8) is 0 Å². The van der Waals surface area contributed by atoms with E-state index in [0.29, 0.717) is 5.02 Å². The second kappa shape index (κ2) is 10.3. The molecule has 3 unspecified atom stereocenters. The van der Waals surface area contributed by atoms with Gasteiger partial charge in [0.15, 0.2) is 0 Å². The second-order valence-corrected chi connectivity index (χ2v) is 13.6. The molecule has 0 radical (unpaired) electrons. The van der Waals surface area contributed by atoms with Gasteiger partial charge in [-0.2, -0.15) is 4.31 Å². The fourth-order valence-corrected chi connectivity index (χ4v) is 7.21. The lowest BCUT2D eigenvalue weighted by Gasteiger charge is -2.54. The molecule has 0 aliphatic carbocycles. The molecule has 2 aliphatic heterocycles. The maximum atomic E-state index is 13.8. The highest BCUT2D eigenvalue weighted by Gasteiger charge is 2.54. The van der Waals surface area contributed by atoms with E-state index in [1.54, 1.807) is 47.4 Å². The van der Waals surface area contributed by atoms with Gasteiger partial charge in [-0.25, -0.2) is 21.6 Å². The average molecular weight is 569 g/mol. The van der Waals surface area contributed by atoms with Gasteiger partial charge in [0.25, 0.3) is 0 Å². The summed E-state index contributed by atoms with van der Waals surface area (Å²) in [5, 5.41) is 0.506. The Hall–Kier alpha value is -2.51. The third kappa shape index (κ3) is 5.68. The summed E-state index contributed by atoms with van der Waals surface area (Å²) in [6.45, 7) is 3.19. The van der Waals surface area contributed by atoms with Crippen molar-refractivity contribution in [3.05, 3.63) is 65.2 Å². The number of hydrogen-bond donors (Lipinski definition) is 1. The number of amides is 2. The first-order valence-electron chi connectivity index (χ1n) is 11.7. The topological polar surface area (TPSA) is 124 Å². The van der Waals surface area contributed by atoms with Crippen LogP contribution in [0.3, 0.4) is 0 Å². The van der Waals surface area contributed by atoms with Crippen molar-refractivity contribution in [1.29, 1.82) is 0 Å². The van der Waals surface area contributed by atoms with Gasteiger partial charge in [-0.3, -0.25) is 9.59 Å². The minimum Gasteiger partial charge on any atom is -0.335 e. The number of sulfonamides is 2. The molecule has 0 aromatic heterocycles. The number of carbonyl (C=O) groups is 2. The highest BCUT2D eigenvalue weighted by molar-refractivity contribution is 7.89. The van der Waals surface area contributed by atoms with Crippen molar-refractivity contribution in [2.75, 3.05) is 19.3 Å². The van der Waals surface area contributed by atoms with Gasteiger partial charge in [0.1, 0.15) is 18.2 Å². The fraction of sp³-hybridized carbons (Fsp3) is 0.417. The Balaban J connectivity index is 1.84. The number of nitrogens with one attached hydrogen (secondary N) is 1. The van der Waals surface area contributed by atoms with Crippen LogP contribution in [0.15, 0.2) is 59.5 Å². The molecule has 200 valence electrons. The number of fused-ring (bicyclic) bond motifs is 1. The third-order valence-corrected chi connectivity index (χ3v) is 9.35. The number of benzene rings is 2. The van der Waals surface area contributed by atoms with Crippen LogP contribution in [0.25, 0.3) is 0 Å². The van der Waals surface area contributed by atoms with Gasteiger partial charge in [-0.15, -0.1) is 0 Å². The summed E-state index contributed by atoms with van der Waals surface area (Å²) in [4.78, 5) is 30.2. The Bertz CT molecular complexity index is 1380. The quantitative estimate of drug-likeness (QED) is 0.536. The maximum Gasteiger partial charge on any atom is 0.246 e. The van der Waals surface area contributed by atoms with Crippen LogP contribution in [0.4, 0.5) is 0 Å². The molecule has 2 saturated heterocycles. The molecule has 3 atom stereocenters. The number of rotatable bonds is 7. The third-order valence-electron chi connectivity index (χ3n) is 6.50. The van der Waals surface area contributed by atoms with Crippen molar-refractivity contribution in [3.8, 4) is 0 Å². The van der Waals surface area contributed by atoms with Gasteiger partial charge in [0.05, 0.1) is 17.7 Å². The molecule has 1 N–H and O–H groups in total. The van der Waals surface area contributed by atoms with Gasteiger partial charge < -0.3 is 9.80 Å². The van der Waals surface area contributed by atoms with Crippen LogP contribution >= 0.6 is 11.6 Å². The normalized spacial score (nSPS) is 23.4. The largest absolute Gasteiger partial charge is 0.335 e.